The molecule has 2 aromatic carbocycles. The van der Waals surface area contributed by atoms with Gasteiger partial charge in [0.1, 0.15) is 5.82 Å². The lowest BCUT2D eigenvalue weighted by Gasteiger charge is -2.22. The maximum atomic E-state index is 14.6. The van der Waals surface area contributed by atoms with Crippen molar-refractivity contribution in [3.63, 3.8) is 0 Å². The fourth-order valence-corrected chi connectivity index (χ4v) is 3.39. The topological polar surface area (TPSA) is 9.23 Å². The number of unbranched alkanes of at least 4 members (excludes halogenated alkanes) is 1. The molecule has 0 atom stereocenters. The van der Waals surface area contributed by atoms with E-state index in [4.69, 9.17) is 4.74 Å². The maximum Gasteiger partial charge on any atom is 0.165 e. The van der Waals surface area contributed by atoms with E-state index in [9.17, 15) is 8.78 Å². The van der Waals surface area contributed by atoms with Crippen molar-refractivity contribution in [1.29, 1.82) is 0 Å². The highest BCUT2D eigenvalue weighted by atomic mass is 19.1. The molecule has 1 aliphatic rings. The minimum atomic E-state index is -0.445. The van der Waals surface area contributed by atoms with E-state index in [0.717, 1.165) is 44.1 Å². The Balaban J connectivity index is 1.78. The molecule has 133 valence electrons. The van der Waals surface area contributed by atoms with Crippen LogP contribution >= 0.6 is 0 Å². The van der Waals surface area contributed by atoms with E-state index in [1.165, 1.54) is 6.07 Å². The molecule has 0 amide bonds. The summed E-state index contributed by atoms with van der Waals surface area (Å²) in [6.07, 6.45) is 8.53. The molecule has 3 rings (SSSR count). The average molecular weight is 343 g/mol. The third-order valence-corrected chi connectivity index (χ3v) is 4.90. The van der Waals surface area contributed by atoms with Gasteiger partial charge in [-0.05, 0) is 73.8 Å². The van der Waals surface area contributed by atoms with Crippen molar-refractivity contribution < 1.29 is 13.5 Å². The Morgan fingerprint density at radius 2 is 1.80 bits per heavy atom. The lowest BCUT2D eigenvalue weighted by atomic mass is 9.83. The zero-order chi connectivity index (χ0) is 17.6. The van der Waals surface area contributed by atoms with Crippen LogP contribution in [0.2, 0.25) is 0 Å². The summed E-state index contributed by atoms with van der Waals surface area (Å²) < 4.78 is 34.2. The number of halogens is 2. The van der Waals surface area contributed by atoms with Crippen molar-refractivity contribution in [3.8, 4) is 16.9 Å². The summed E-state index contributed by atoms with van der Waals surface area (Å²) in [6, 6.07) is 10.0. The van der Waals surface area contributed by atoms with E-state index in [2.05, 4.69) is 13.3 Å². The second-order valence-electron chi connectivity index (χ2n) is 6.73. The third kappa shape index (κ3) is 4.39. The van der Waals surface area contributed by atoms with E-state index in [-0.39, 0.29) is 11.6 Å². The summed E-state index contributed by atoms with van der Waals surface area (Å²) in [4.78, 5) is 0. The largest absolute Gasteiger partial charge is 0.491 e. The van der Waals surface area contributed by atoms with E-state index in [0.29, 0.717) is 23.7 Å². The Kier molecular flexibility index (Phi) is 6.06. The van der Waals surface area contributed by atoms with Crippen LogP contribution in [0.4, 0.5) is 8.78 Å². The van der Waals surface area contributed by atoms with Crippen LogP contribution in [0.1, 0.15) is 56.9 Å². The summed E-state index contributed by atoms with van der Waals surface area (Å²) in [7, 11) is 0. The van der Waals surface area contributed by atoms with Crippen LogP contribution in [-0.4, -0.2) is 6.61 Å². The van der Waals surface area contributed by atoms with Gasteiger partial charge in [-0.3, -0.25) is 0 Å². The minimum Gasteiger partial charge on any atom is -0.491 e. The Labute approximate surface area is 149 Å². The second kappa shape index (κ2) is 8.46. The first-order chi connectivity index (χ1) is 12.2. The molecule has 25 heavy (non-hydrogen) atoms. The highest BCUT2D eigenvalue weighted by Gasteiger charge is 2.17. The first-order valence-electron chi connectivity index (χ1n) is 9.23. The monoisotopic (exact) mass is 343 g/mol. The van der Waals surface area contributed by atoms with Gasteiger partial charge < -0.3 is 4.74 Å². The molecule has 0 spiro atoms. The molecule has 1 nitrogen and oxygen atoms in total. The average Bonchev–Trinajstić information content (AvgIpc) is 2.64. The predicted molar refractivity (Wildman–Crippen MR) is 97.7 cm³/mol. The lowest BCUT2D eigenvalue weighted by molar-refractivity contribution is 0.294. The standard InChI is InChI=1S/C22H25F2O/c1-2-3-13-25-22-12-10-18(15-21(22)24)19-11-9-17(14-20(19)23)16-7-5-4-6-8-16/h4,9-12,14-16H,2-3,5-8,13H2,1H3. The van der Waals surface area contributed by atoms with Crippen molar-refractivity contribution in [2.24, 2.45) is 0 Å². The van der Waals surface area contributed by atoms with E-state index >= 15 is 0 Å². The molecule has 1 saturated carbocycles. The highest BCUT2D eigenvalue weighted by molar-refractivity contribution is 5.65. The number of rotatable bonds is 6. The zero-order valence-electron chi connectivity index (χ0n) is 14.7. The van der Waals surface area contributed by atoms with Crippen LogP contribution in [-0.2, 0) is 0 Å². The van der Waals surface area contributed by atoms with Crippen LogP contribution in [0.5, 0.6) is 5.75 Å². The van der Waals surface area contributed by atoms with Gasteiger partial charge in [-0.2, -0.15) is 0 Å². The van der Waals surface area contributed by atoms with Gasteiger partial charge in [-0.1, -0.05) is 31.5 Å². The molecular weight excluding hydrogens is 318 g/mol. The molecule has 0 aliphatic heterocycles. The van der Waals surface area contributed by atoms with Crippen LogP contribution in [0, 0.1) is 18.1 Å². The van der Waals surface area contributed by atoms with Gasteiger partial charge in [0.2, 0.25) is 0 Å². The van der Waals surface area contributed by atoms with Crippen LogP contribution < -0.4 is 4.74 Å². The molecule has 3 heteroatoms. The van der Waals surface area contributed by atoms with Crippen LogP contribution in [0.15, 0.2) is 36.4 Å². The summed E-state index contributed by atoms with van der Waals surface area (Å²) in [5, 5.41) is 0. The summed E-state index contributed by atoms with van der Waals surface area (Å²) in [6.45, 7) is 2.55. The molecule has 0 aromatic heterocycles. The highest BCUT2D eigenvalue weighted by Crippen LogP contribution is 2.35. The fourth-order valence-electron chi connectivity index (χ4n) is 3.39. The molecular formula is C22H25F2O. The van der Waals surface area contributed by atoms with Gasteiger partial charge in [-0.15, -0.1) is 0 Å². The smallest absolute Gasteiger partial charge is 0.165 e. The molecule has 0 N–H and O–H groups in total. The van der Waals surface area contributed by atoms with Gasteiger partial charge in [0.25, 0.3) is 0 Å². The van der Waals surface area contributed by atoms with Gasteiger partial charge in [0, 0.05) is 5.56 Å². The van der Waals surface area contributed by atoms with E-state index < -0.39 is 5.82 Å². The molecule has 2 aromatic rings. The quantitative estimate of drug-likeness (QED) is 0.532. The van der Waals surface area contributed by atoms with Crippen LogP contribution in [0.3, 0.4) is 0 Å². The first-order valence-corrected chi connectivity index (χ1v) is 9.23. The molecule has 0 unspecified atom stereocenters. The van der Waals surface area contributed by atoms with Gasteiger partial charge in [0.15, 0.2) is 11.6 Å². The number of hydrogen-bond donors (Lipinski definition) is 0. The van der Waals surface area contributed by atoms with Crippen molar-refractivity contribution in [3.05, 3.63) is 60.0 Å². The van der Waals surface area contributed by atoms with E-state index in [1.54, 1.807) is 24.3 Å². The Morgan fingerprint density at radius 3 is 2.48 bits per heavy atom. The predicted octanol–water partition coefficient (Wildman–Crippen LogP) is 6.67. The maximum absolute atomic E-state index is 14.6. The van der Waals surface area contributed by atoms with E-state index in [1.807, 2.05) is 6.07 Å². The SMILES string of the molecule is CCCCOc1ccc(-c2ccc(C3CC[CH]CC3)cc2F)cc1F. The zero-order valence-corrected chi connectivity index (χ0v) is 14.7. The van der Waals surface area contributed by atoms with Crippen molar-refractivity contribution >= 4 is 0 Å². The minimum absolute atomic E-state index is 0.229. The molecule has 1 radical (unpaired) electrons. The number of benzene rings is 2. The first kappa shape index (κ1) is 17.9. The lowest BCUT2D eigenvalue weighted by Crippen LogP contribution is -2.05. The Morgan fingerprint density at radius 1 is 1.00 bits per heavy atom. The molecule has 0 bridgehead atoms. The molecule has 0 saturated heterocycles. The van der Waals surface area contributed by atoms with Gasteiger partial charge in [-0.25, -0.2) is 8.78 Å². The number of hydrogen-bond acceptors (Lipinski definition) is 1. The van der Waals surface area contributed by atoms with Crippen LogP contribution in [0.25, 0.3) is 11.1 Å². The Bertz CT molecular complexity index is 705. The summed E-state index contributed by atoms with van der Waals surface area (Å²) in [5.74, 6) is -0.0710. The molecule has 1 fully saturated rings. The van der Waals surface area contributed by atoms with Crippen molar-refractivity contribution in [1.82, 2.24) is 0 Å². The van der Waals surface area contributed by atoms with Gasteiger partial charge in [0.05, 0.1) is 6.61 Å². The molecule has 1 aliphatic carbocycles. The number of ether oxygens (including phenoxy) is 1. The summed E-state index contributed by atoms with van der Waals surface area (Å²) >= 11 is 0. The normalized spacial score (nSPS) is 15.3. The summed E-state index contributed by atoms with van der Waals surface area (Å²) in [5.41, 5.74) is 2.03. The van der Waals surface area contributed by atoms with Crippen molar-refractivity contribution in [2.45, 2.75) is 51.4 Å². The molecule has 0 heterocycles. The second-order valence-corrected chi connectivity index (χ2v) is 6.73. The Hall–Kier alpha value is -1.90. The fraction of sp³-hybridized carbons (Fsp3) is 0.409. The van der Waals surface area contributed by atoms with Crippen molar-refractivity contribution in [2.75, 3.05) is 6.61 Å². The third-order valence-electron chi connectivity index (χ3n) is 4.90. The van der Waals surface area contributed by atoms with Gasteiger partial charge >= 0.3 is 0 Å².